The second-order valence-electron chi connectivity index (χ2n) is 6.54. The van der Waals surface area contributed by atoms with E-state index < -0.39 is 6.04 Å². The molecule has 1 atom stereocenters. The Bertz CT molecular complexity index is 864. The van der Waals surface area contributed by atoms with E-state index in [2.05, 4.69) is 10.6 Å². The van der Waals surface area contributed by atoms with Crippen molar-refractivity contribution in [3.05, 3.63) is 42.5 Å². The second-order valence-corrected chi connectivity index (χ2v) is 6.54. The summed E-state index contributed by atoms with van der Waals surface area (Å²) in [6, 6.07) is 11.4. The van der Waals surface area contributed by atoms with Gasteiger partial charge < -0.3 is 29.7 Å². The van der Waals surface area contributed by atoms with E-state index in [1.165, 1.54) is 19.1 Å². The van der Waals surface area contributed by atoms with Gasteiger partial charge in [-0.2, -0.15) is 0 Å². The molecule has 1 saturated heterocycles. The largest absolute Gasteiger partial charge is 0.497 e. The first-order valence-corrected chi connectivity index (χ1v) is 9.31. The number of para-hydroxylation sites is 1. The molecule has 0 aromatic heterocycles. The summed E-state index contributed by atoms with van der Waals surface area (Å²) in [5.74, 6) is 1.33. The van der Waals surface area contributed by atoms with Crippen LogP contribution in [0.5, 0.6) is 17.2 Å². The standard InChI is InChI=1S/C21H25N3O5/c1-27-15-8-4-7-14(13-15)22-21(26)24-12-6-9-16(24)20(25)23-19-17(28-2)10-5-11-18(19)29-3/h4-5,7-8,10-11,13,16H,6,9,12H2,1-3H3,(H,22,26)(H,23,25)/t16-/m1/s1. The molecule has 2 aromatic rings. The first-order valence-electron chi connectivity index (χ1n) is 9.31. The third kappa shape index (κ3) is 4.53. The third-order valence-corrected chi connectivity index (χ3v) is 4.81. The van der Waals surface area contributed by atoms with Gasteiger partial charge in [0.2, 0.25) is 5.91 Å². The van der Waals surface area contributed by atoms with E-state index in [1.807, 2.05) is 0 Å². The predicted octanol–water partition coefficient (Wildman–Crippen LogP) is 3.35. The van der Waals surface area contributed by atoms with Crippen molar-refractivity contribution in [3.8, 4) is 17.2 Å². The molecule has 1 aliphatic rings. The van der Waals surface area contributed by atoms with Crippen LogP contribution < -0.4 is 24.8 Å². The van der Waals surface area contributed by atoms with Gasteiger partial charge in [0, 0.05) is 18.3 Å². The van der Waals surface area contributed by atoms with Gasteiger partial charge in [-0.05, 0) is 37.1 Å². The number of rotatable bonds is 6. The lowest BCUT2D eigenvalue weighted by Crippen LogP contribution is -2.45. The number of carbonyl (C=O) groups excluding carboxylic acids is 2. The van der Waals surface area contributed by atoms with E-state index in [0.717, 1.165) is 6.42 Å². The van der Waals surface area contributed by atoms with E-state index in [4.69, 9.17) is 14.2 Å². The third-order valence-electron chi connectivity index (χ3n) is 4.81. The fourth-order valence-electron chi connectivity index (χ4n) is 3.36. The number of nitrogens with zero attached hydrogens (tertiary/aromatic N) is 1. The van der Waals surface area contributed by atoms with Gasteiger partial charge in [0.1, 0.15) is 29.0 Å². The quantitative estimate of drug-likeness (QED) is 0.778. The van der Waals surface area contributed by atoms with Crippen LogP contribution in [0.25, 0.3) is 0 Å². The van der Waals surface area contributed by atoms with Crippen molar-refractivity contribution in [1.82, 2.24) is 4.90 Å². The number of methoxy groups -OCH3 is 3. The van der Waals surface area contributed by atoms with Gasteiger partial charge in [0.05, 0.1) is 21.3 Å². The number of benzene rings is 2. The van der Waals surface area contributed by atoms with Gasteiger partial charge in [-0.25, -0.2) is 4.79 Å². The Morgan fingerprint density at radius 2 is 1.66 bits per heavy atom. The molecule has 2 aromatic carbocycles. The number of nitrogens with one attached hydrogen (secondary N) is 2. The number of carbonyl (C=O) groups is 2. The maximum absolute atomic E-state index is 13.0. The van der Waals surface area contributed by atoms with Crippen molar-refractivity contribution in [2.45, 2.75) is 18.9 Å². The smallest absolute Gasteiger partial charge is 0.322 e. The highest BCUT2D eigenvalue weighted by Gasteiger charge is 2.35. The highest BCUT2D eigenvalue weighted by molar-refractivity contribution is 6.01. The minimum atomic E-state index is -0.588. The van der Waals surface area contributed by atoms with Crippen molar-refractivity contribution >= 4 is 23.3 Å². The van der Waals surface area contributed by atoms with E-state index >= 15 is 0 Å². The lowest BCUT2D eigenvalue weighted by Gasteiger charge is -2.25. The highest BCUT2D eigenvalue weighted by Crippen LogP contribution is 2.35. The van der Waals surface area contributed by atoms with E-state index in [-0.39, 0.29) is 11.9 Å². The topological polar surface area (TPSA) is 89.1 Å². The molecule has 0 spiro atoms. The number of urea groups is 1. The molecule has 3 rings (SSSR count). The van der Waals surface area contributed by atoms with Crippen molar-refractivity contribution < 1.29 is 23.8 Å². The summed E-state index contributed by atoms with van der Waals surface area (Å²) >= 11 is 0. The number of hydrogen-bond donors (Lipinski definition) is 2. The minimum absolute atomic E-state index is 0.286. The fraction of sp³-hybridized carbons (Fsp3) is 0.333. The molecule has 0 aliphatic carbocycles. The molecule has 1 fully saturated rings. The maximum atomic E-state index is 13.0. The van der Waals surface area contributed by atoms with Crippen molar-refractivity contribution in [1.29, 1.82) is 0 Å². The summed E-state index contributed by atoms with van der Waals surface area (Å²) in [6.07, 6.45) is 1.32. The molecular weight excluding hydrogens is 374 g/mol. The Morgan fingerprint density at radius 1 is 0.966 bits per heavy atom. The van der Waals surface area contributed by atoms with Crippen LogP contribution in [-0.4, -0.2) is 50.8 Å². The summed E-state index contributed by atoms with van der Waals surface area (Å²) in [6.45, 7) is 0.497. The lowest BCUT2D eigenvalue weighted by atomic mass is 10.2. The summed E-state index contributed by atoms with van der Waals surface area (Å²) in [5.41, 5.74) is 1.05. The average Bonchev–Trinajstić information content (AvgIpc) is 3.24. The predicted molar refractivity (Wildman–Crippen MR) is 110 cm³/mol. The molecule has 0 unspecified atom stereocenters. The van der Waals surface area contributed by atoms with Crippen LogP contribution >= 0.6 is 0 Å². The van der Waals surface area contributed by atoms with Gasteiger partial charge in [-0.15, -0.1) is 0 Å². The molecule has 1 aliphatic heterocycles. The van der Waals surface area contributed by atoms with E-state index in [0.29, 0.717) is 41.6 Å². The molecule has 154 valence electrons. The Kier molecular flexibility index (Phi) is 6.43. The highest BCUT2D eigenvalue weighted by atomic mass is 16.5. The lowest BCUT2D eigenvalue weighted by molar-refractivity contribution is -0.119. The molecule has 3 amide bonds. The molecule has 29 heavy (non-hydrogen) atoms. The Hall–Kier alpha value is -3.42. The molecular formula is C21H25N3O5. The normalized spacial score (nSPS) is 15.6. The van der Waals surface area contributed by atoms with Crippen molar-refractivity contribution in [2.75, 3.05) is 38.5 Å². The summed E-state index contributed by atoms with van der Waals surface area (Å²) in [5, 5.41) is 5.69. The van der Waals surface area contributed by atoms with Crippen LogP contribution in [0.2, 0.25) is 0 Å². The number of amides is 3. The number of likely N-dealkylation sites (tertiary alicyclic amines) is 1. The first-order chi connectivity index (χ1) is 14.1. The number of ether oxygens (including phenoxy) is 3. The average molecular weight is 399 g/mol. The molecule has 2 N–H and O–H groups in total. The van der Waals surface area contributed by atoms with Crippen molar-refractivity contribution in [2.24, 2.45) is 0 Å². The zero-order valence-electron chi connectivity index (χ0n) is 16.7. The molecule has 0 bridgehead atoms. The number of hydrogen-bond acceptors (Lipinski definition) is 5. The maximum Gasteiger partial charge on any atom is 0.322 e. The molecule has 0 saturated carbocycles. The SMILES string of the molecule is COc1cccc(NC(=O)N2CCC[C@@H]2C(=O)Nc2c(OC)cccc2OC)c1. The molecule has 8 heteroatoms. The summed E-state index contributed by atoms with van der Waals surface area (Å²) in [4.78, 5) is 27.3. The Morgan fingerprint density at radius 3 is 2.31 bits per heavy atom. The fourth-order valence-corrected chi connectivity index (χ4v) is 3.36. The minimum Gasteiger partial charge on any atom is -0.497 e. The second kappa shape index (κ2) is 9.18. The first kappa shape index (κ1) is 20.3. The van der Waals surface area contributed by atoms with E-state index in [9.17, 15) is 9.59 Å². The van der Waals surface area contributed by atoms with E-state index in [1.54, 1.807) is 49.6 Å². The molecule has 1 heterocycles. The molecule has 0 radical (unpaired) electrons. The Balaban J connectivity index is 1.73. The molecule has 8 nitrogen and oxygen atoms in total. The zero-order chi connectivity index (χ0) is 20.8. The number of anilines is 2. The Labute approximate surface area is 169 Å². The van der Waals surface area contributed by atoms with Crippen LogP contribution in [0.3, 0.4) is 0 Å². The van der Waals surface area contributed by atoms with Crippen LogP contribution in [-0.2, 0) is 4.79 Å². The van der Waals surface area contributed by atoms with Crippen LogP contribution in [0.1, 0.15) is 12.8 Å². The van der Waals surface area contributed by atoms with Gasteiger partial charge in [-0.3, -0.25) is 4.79 Å². The van der Waals surface area contributed by atoms with Gasteiger partial charge >= 0.3 is 6.03 Å². The van der Waals surface area contributed by atoms with Crippen LogP contribution in [0.15, 0.2) is 42.5 Å². The summed E-state index contributed by atoms with van der Waals surface area (Å²) < 4.78 is 15.8. The monoisotopic (exact) mass is 399 g/mol. The van der Waals surface area contributed by atoms with Gasteiger partial charge in [-0.1, -0.05) is 12.1 Å². The zero-order valence-corrected chi connectivity index (χ0v) is 16.7. The van der Waals surface area contributed by atoms with Gasteiger partial charge in [0.15, 0.2) is 0 Å². The summed E-state index contributed by atoms with van der Waals surface area (Å²) in [7, 11) is 4.61. The van der Waals surface area contributed by atoms with Crippen LogP contribution in [0, 0.1) is 0 Å². The van der Waals surface area contributed by atoms with Crippen molar-refractivity contribution in [3.63, 3.8) is 0 Å². The van der Waals surface area contributed by atoms with Gasteiger partial charge in [0.25, 0.3) is 0 Å². The van der Waals surface area contributed by atoms with Crippen LogP contribution in [0.4, 0.5) is 16.2 Å².